The van der Waals surface area contributed by atoms with E-state index in [4.69, 9.17) is 5.10 Å². The topological polar surface area (TPSA) is 67.5 Å². The summed E-state index contributed by atoms with van der Waals surface area (Å²) in [4.78, 5) is 19.9. The van der Waals surface area contributed by atoms with Crippen LogP contribution in [0.3, 0.4) is 0 Å². The third-order valence-electron chi connectivity index (χ3n) is 8.81. The molecule has 7 nitrogen and oxygen atoms in total. The second-order valence-corrected chi connectivity index (χ2v) is 11.3. The molecule has 0 saturated heterocycles. The largest absolute Gasteiger partial charge is 0.351 e. The Morgan fingerprint density at radius 1 is 1.12 bits per heavy atom. The van der Waals surface area contributed by atoms with Crippen molar-refractivity contribution in [2.75, 3.05) is 13.1 Å². The van der Waals surface area contributed by atoms with Crippen molar-refractivity contribution in [3.8, 4) is 0 Å². The summed E-state index contributed by atoms with van der Waals surface area (Å²) in [6, 6.07) is 5.96. The van der Waals surface area contributed by atoms with Crippen LogP contribution in [-0.4, -0.2) is 43.1 Å². The molecule has 0 atom stereocenters. The smallest absolute Gasteiger partial charge is 0.253 e. The summed E-state index contributed by atoms with van der Waals surface area (Å²) >= 11 is 0. The van der Waals surface area contributed by atoms with Crippen LogP contribution in [0, 0.1) is 23.2 Å². The maximum atomic E-state index is 13.3. The molecule has 3 aromatic rings. The predicted molar refractivity (Wildman–Crippen MR) is 124 cm³/mol. The van der Waals surface area contributed by atoms with Crippen molar-refractivity contribution in [3.05, 3.63) is 53.9 Å². The second kappa shape index (κ2) is 7.42. The molecule has 4 fully saturated rings. The lowest BCUT2D eigenvalue weighted by molar-refractivity contribution is -0.0503. The molecule has 0 radical (unpaired) electrons. The van der Waals surface area contributed by atoms with Crippen LogP contribution in [0.15, 0.2) is 36.9 Å². The summed E-state index contributed by atoms with van der Waals surface area (Å²) < 4.78 is 4.08. The molecule has 3 aromatic heterocycles. The molecule has 172 valence electrons. The first kappa shape index (κ1) is 19.8. The highest BCUT2D eigenvalue weighted by Gasteiger charge is 2.50. The maximum Gasteiger partial charge on any atom is 0.253 e. The fraction of sp³-hybridized carbons (Fsp3) is 0.577. The van der Waals surface area contributed by atoms with Crippen molar-refractivity contribution in [3.63, 3.8) is 0 Å². The van der Waals surface area contributed by atoms with Gasteiger partial charge >= 0.3 is 0 Å². The van der Waals surface area contributed by atoms with Gasteiger partial charge in [0.15, 0.2) is 0 Å². The third kappa shape index (κ3) is 3.48. The Bertz CT molecular complexity index is 1170. The molecule has 0 unspecified atom stereocenters. The number of imidazole rings is 1. The monoisotopic (exact) mass is 444 g/mol. The molecule has 33 heavy (non-hydrogen) atoms. The van der Waals surface area contributed by atoms with Gasteiger partial charge in [0.1, 0.15) is 0 Å². The summed E-state index contributed by atoms with van der Waals surface area (Å²) in [5.41, 5.74) is 4.23. The van der Waals surface area contributed by atoms with Gasteiger partial charge in [0, 0.05) is 45.1 Å². The number of nitrogens with zero attached hydrogens (tertiary/aromatic N) is 5. The number of nitrogens with one attached hydrogen (secondary N) is 1. The number of fused-ring (bicyclic) bond motifs is 2. The first-order valence-corrected chi connectivity index (χ1v) is 12.6. The predicted octanol–water partition coefficient (Wildman–Crippen LogP) is 3.49. The van der Waals surface area contributed by atoms with Crippen LogP contribution >= 0.6 is 0 Å². The molecule has 4 heterocycles. The van der Waals surface area contributed by atoms with Gasteiger partial charge in [-0.15, -0.1) is 0 Å². The molecule has 4 bridgehead atoms. The van der Waals surface area contributed by atoms with Crippen molar-refractivity contribution in [2.45, 2.75) is 58.2 Å². The van der Waals surface area contributed by atoms with Crippen LogP contribution in [0.1, 0.15) is 60.3 Å². The average molecular weight is 445 g/mol. The minimum atomic E-state index is 0.0460. The molecular weight excluding hydrogens is 412 g/mol. The highest BCUT2D eigenvalue weighted by molar-refractivity contribution is 6.00. The summed E-state index contributed by atoms with van der Waals surface area (Å²) in [6.45, 7) is 4.43. The molecule has 1 amide bonds. The van der Waals surface area contributed by atoms with Crippen molar-refractivity contribution >= 4 is 11.4 Å². The highest BCUT2D eigenvalue weighted by atomic mass is 16.1. The second-order valence-electron chi connectivity index (χ2n) is 11.3. The van der Waals surface area contributed by atoms with E-state index in [1.165, 1.54) is 44.2 Å². The first-order chi connectivity index (χ1) is 16.1. The lowest BCUT2D eigenvalue weighted by Gasteiger charge is -2.56. The molecule has 0 aromatic carbocycles. The van der Waals surface area contributed by atoms with Crippen LogP contribution < -0.4 is 5.32 Å². The Morgan fingerprint density at radius 2 is 1.91 bits per heavy atom. The van der Waals surface area contributed by atoms with E-state index in [1.807, 2.05) is 35.4 Å². The van der Waals surface area contributed by atoms with E-state index in [9.17, 15) is 4.79 Å². The van der Waals surface area contributed by atoms with E-state index in [-0.39, 0.29) is 5.91 Å². The van der Waals surface area contributed by atoms with Crippen LogP contribution in [0.5, 0.6) is 0 Å². The van der Waals surface area contributed by atoms with Gasteiger partial charge in [0.05, 0.1) is 28.8 Å². The third-order valence-corrected chi connectivity index (χ3v) is 8.81. The Morgan fingerprint density at radius 3 is 2.70 bits per heavy atom. The van der Waals surface area contributed by atoms with Gasteiger partial charge in [-0.1, -0.05) is 0 Å². The zero-order chi connectivity index (χ0) is 22.0. The van der Waals surface area contributed by atoms with Gasteiger partial charge in [0.2, 0.25) is 0 Å². The van der Waals surface area contributed by atoms with E-state index in [0.29, 0.717) is 5.41 Å². The summed E-state index contributed by atoms with van der Waals surface area (Å²) in [6.07, 6.45) is 14.0. The number of amides is 1. The Kier molecular flexibility index (Phi) is 4.44. The number of rotatable bonds is 5. The summed E-state index contributed by atoms with van der Waals surface area (Å²) in [5.74, 6) is 2.76. The Balaban J connectivity index is 1.07. The molecule has 0 spiro atoms. The van der Waals surface area contributed by atoms with Gasteiger partial charge in [-0.2, -0.15) is 5.10 Å². The average Bonchev–Trinajstić information content (AvgIpc) is 3.42. The lowest BCUT2D eigenvalue weighted by Crippen LogP contribution is -2.51. The Labute approximate surface area is 194 Å². The molecule has 4 saturated carbocycles. The quantitative estimate of drug-likeness (QED) is 0.654. The van der Waals surface area contributed by atoms with E-state index in [0.717, 1.165) is 67.3 Å². The highest BCUT2D eigenvalue weighted by Crippen LogP contribution is 2.59. The van der Waals surface area contributed by atoms with Crippen molar-refractivity contribution in [1.29, 1.82) is 0 Å². The lowest BCUT2D eigenvalue weighted by atomic mass is 9.49. The van der Waals surface area contributed by atoms with E-state index < -0.39 is 0 Å². The van der Waals surface area contributed by atoms with Crippen LogP contribution in [0.4, 0.5) is 0 Å². The van der Waals surface area contributed by atoms with E-state index in [2.05, 4.69) is 25.8 Å². The van der Waals surface area contributed by atoms with Gasteiger partial charge in [0.25, 0.3) is 5.91 Å². The minimum Gasteiger partial charge on any atom is -0.351 e. The summed E-state index contributed by atoms with van der Waals surface area (Å²) in [7, 11) is 0. The minimum absolute atomic E-state index is 0.0460. The van der Waals surface area contributed by atoms with E-state index >= 15 is 0 Å². The molecule has 7 heteroatoms. The van der Waals surface area contributed by atoms with Crippen molar-refractivity contribution < 1.29 is 4.79 Å². The fourth-order valence-electron chi connectivity index (χ4n) is 7.81. The molecular formula is C26H32N6O. The molecule has 1 N–H and O–H groups in total. The molecule has 5 aliphatic rings. The SMILES string of the molecule is O=C(NCC12CC3CC(CC(C3)C1)C2)c1cccn2nc(CN3CCn4cncc4C3)cc12. The van der Waals surface area contributed by atoms with Crippen molar-refractivity contribution in [1.82, 2.24) is 29.4 Å². The maximum absolute atomic E-state index is 13.3. The van der Waals surface area contributed by atoms with Gasteiger partial charge < -0.3 is 9.88 Å². The Hall–Kier alpha value is -2.67. The number of pyridine rings is 1. The zero-order valence-corrected chi connectivity index (χ0v) is 19.1. The number of hydrogen-bond acceptors (Lipinski definition) is 4. The van der Waals surface area contributed by atoms with Crippen LogP contribution in [-0.2, 0) is 19.6 Å². The number of hydrogen-bond donors (Lipinski definition) is 1. The van der Waals surface area contributed by atoms with Gasteiger partial charge in [-0.25, -0.2) is 9.50 Å². The van der Waals surface area contributed by atoms with Crippen LogP contribution in [0.2, 0.25) is 0 Å². The molecule has 4 aliphatic carbocycles. The molecule has 1 aliphatic heterocycles. The fourth-order valence-corrected chi connectivity index (χ4v) is 7.81. The number of carbonyl (C=O) groups excluding carboxylic acids is 1. The van der Waals surface area contributed by atoms with E-state index in [1.54, 1.807) is 0 Å². The zero-order valence-electron chi connectivity index (χ0n) is 19.1. The normalized spacial score (nSPS) is 30.6. The van der Waals surface area contributed by atoms with Crippen molar-refractivity contribution in [2.24, 2.45) is 23.2 Å². The number of carbonyl (C=O) groups is 1. The first-order valence-electron chi connectivity index (χ1n) is 12.6. The number of aromatic nitrogens is 4. The van der Waals surface area contributed by atoms with Gasteiger partial charge in [-0.3, -0.25) is 9.69 Å². The molecule has 8 rings (SSSR count). The van der Waals surface area contributed by atoms with Gasteiger partial charge in [-0.05, 0) is 79.9 Å². The summed E-state index contributed by atoms with van der Waals surface area (Å²) in [5, 5.41) is 8.13. The standard InChI is InChI=1S/C26H32N6O/c33-25(28-16-26-10-18-6-19(11-26)8-20(7-18)12-26)23-2-1-3-32-24(23)9-21(29-32)14-30-4-5-31-17-27-13-22(31)15-30/h1-3,9,13,17-20H,4-8,10-12,14-16H2,(H,28,33). The van der Waals surface area contributed by atoms with Crippen LogP contribution in [0.25, 0.3) is 5.52 Å².